The van der Waals surface area contributed by atoms with E-state index < -0.39 is 6.10 Å². The lowest BCUT2D eigenvalue weighted by Gasteiger charge is -2.14. The van der Waals surface area contributed by atoms with Crippen LogP contribution in [0.1, 0.15) is 33.9 Å². The van der Waals surface area contributed by atoms with E-state index in [1.54, 1.807) is 0 Å². The van der Waals surface area contributed by atoms with E-state index in [9.17, 15) is 5.11 Å². The van der Waals surface area contributed by atoms with Crippen LogP contribution < -0.4 is 0 Å². The molecule has 18 heavy (non-hydrogen) atoms. The summed E-state index contributed by atoms with van der Waals surface area (Å²) in [5.41, 5.74) is 5.07. The number of aliphatic hydroxyl groups is 1. The Balaban J connectivity index is 2.40. The lowest BCUT2D eigenvalue weighted by molar-refractivity contribution is 0.220. The smallest absolute Gasteiger partial charge is 0.104 e. The monoisotopic (exact) mass is 260 g/mol. The Morgan fingerprint density at radius 1 is 0.889 bits per heavy atom. The Morgan fingerprint density at radius 3 is 2.06 bits per heavy atom. The number of aryl methyl sites for hydroxylation is 3. The highest BCUT2D eigenvalue weighted by Gasteiger charge is 2.12. The normalized spacial score (nSPS) is 12.5. The molecule has 0 fully saturated rings. The zero-order chi connectivity index (χ0) is 13.3. The van der Waals surface area contributed by atoms with Gasteiger partial charge in [0.05, 0.1) is 0 Å². The molecule has 0 bridgehead atoms. The van der Waals surface area contributed by atoms with Gasteiger partial charge in [0.1, 0.15) is 6.10 Å². The number of benzene rings is 2. The maximum Gasteiger partial charge on any atom is 0.104 e. The molecule has 1 atom stereocenters. The van der Waals surface area contributed by atoms with E-state index in [0.29, 0.717) is 5.02 Å². The van der Waals surface area contributed by atoms with Crippen molar-refractivity contribution in [3.63, 3.8) is 0 Å². The van der Waals surface area contributed by atoms with E-state index in [-0.39, 0.29) is 0 Å². The third-order valence-electron chi connectivity index (χ3n) is 3.07. The molecule has 2 rings (SSSR count). The van der Waals surface area contributed by atoms with Gasteiger partial charge in [-0.2, -0.15) is 0 Å². The van der Waals surface area contributed by atoms with Crippen molar-refractivity contribution in [1.82, 2.24) is 0 Å². The Labute approximate surface area is 113 Å². The lowest BCUT2D eigenvalue weighted by atomic mass is 9.97. The molecule has 0 heterocycles. The zero-order valence-corrected chi connectivity index (χ0v) is 11.6. The summed E-state index contributed by atoms with van der Waals surface area (Å²) >= 11 is 6.10. The molecule has 0 saturated heterocycles. The lowest BCUT2D eigenvalue weighted by Crippen LogP contribution is -2.01. The van der Waals surface area contributed by atoms with Gasteiger partial charge in [-0.05, 0) is 43.5 Å². The molecule has 0 aliphatic rings. The molecule has 1 N–H and O–H groups in total. The van der Waals surface area contributed by atoms with Gasteiger partial charge < -0.3 is 5.11 Å². The van der Waals surface area contributed by atoms with Gasteiger partial charge in [0, 0.05) is 5.02 Å². The van der Waals surface area contributed by atoms with Crippen molar-refractivity contribution in [3.8, 4) is 0 Å². The summed E-state index contributed by atoms with van der Waals surface area (Å²) in [6, 6.07) is 11.8. The number of hydrogen-bond acceptors (Lipinski definition) is 1. The van der Waals surface area contributed by atoms with Crippen LogP contribution in [-0.2, 0) is 0 Å². The van der Waals surface area contributed by atoms with Crippen molar-refractivity contribution in [1.29, 1.82) is 0 Å². The van der Waals surface area contributed by atoms with Crippen molar-refractivity contribution in [2.75, 3.05) is 0 Å². The molecule has 0 radical (unpaired) electrons. The molecule has 0 saturated carbocycles. The first-order valence-electron chi connectivity index (χ1n) is 5.99. The second kappa shape index (κ2) is 5.13. The van der Waals surface area contributed by atoms with Crippen LogP contribution in [0.2, 0.25) is 5.02 Å². The van der Waals surface area contributed by atoms with Gasteiger partial charge in [-0.25, -0.2) is 0 Å². The Hall–Kier alpha value is -1.31. The van der Waals surface area contributed by atoms with E-state index in [4.69, 9.17) is 11.6 Å². The van der Waals surface area contributed by atoms with Crippen LogP contribution in [0.25, 0.3) is 0 Å². The quantitative estimate of drug-likeness (QED) is 0.851. The molecular formula is C16H17ClO. The fraction of sp³-hybridized carbons (Fsp3) is 0.250. The highest BCUT2D eigenvalue weighted by molar-refractivity contribution is 6.31. The molecule has 2 heteroatoms. The maximum atomic E-state index is 10.4. The van der Waals surface area contributed by atoms with E-state index >= 15 is 0 Å². The third-order valence-corrected chi connectivity index (χ3v) is 3.48. The number of halogens is 1. The van der Waals surface area contributed by atoms with Crippen LogP contribution in [0.4, 0.5) is 0 Å². The predicted octanol–water partition coefficient (Wildman–Crippen LogP) is 4.35. The Bertz CT molecular complexity index is 555. The molecule has 1 unspecified atom stereocenters. The molecule has 0 aromatic heterocycles. The van der Waals surface area contributed by atoms with Gasteiger partial charge in [-0.15, -0.1) is 0 Å². The van der Waals surface area contributed by atoms with Crippen molar-refractivity contribution in [2.24, 2.45) is 0 Å². The van der Waals surface area contributed by atoms with Crippen molar-refractivity contribution < 1.29 is 5.11 Å². The van der Waals surface area contributed by atoms with Gasteiger partial charge in [0.15, 0.2) is 0 Å². The summed E-state index contributed by atoms with van der Waals surface area (Å²) in [5, 5.41) is 11.1. The Kier molecular flexibility index (Phi) is 3.74. The van der Waals surface area contributed by atoms with E-state index in [1.807, 2.05) is 51.1 Å². The van der Waals surface area contributed by atoms with Gasteiger partial charge in [0.25, 0.3) is 0 Å². The number of aliphatic hydroxyl groups excluding tert-OH is 1. The summed E-state index contributed by atoms with van der Waals surface area (Å²) in [6.45, 7) is 6.02. The van der Waals surface area contributed by atoms with Crippen LogP contribution >= 0.6 is 11.6 Å². The SMILES string of the molecule is Cc1cc(C)cc(C(O)c2ccc(C)c(Cl)c2)c1. The maximum absolute atomic E-state index is 10.4. The van der Waals surface area contributed by atoms with Crippen LogP contribution in [0.15, 0.2) is 36.4 Å². The summed E-state index contributed by atoms with van der Waals surface area (Å²) in [5.74, 6) is 0. The molecule has 0 amide bonds. The highest BCUT2D eigenvalue weighted by Crippen LogP contribution is 2.27. The topological polar surface area (TPSA) is 20.2 Å². The molecule has 0 spiro atoms. The standard InChI is InChI=1S/C16H17ClO/c1-10-6-11(2)8-14(7-10)16(18)13-5-4-12(3)15(17)9-13/h4-9,16,18H,1-3H3. The first kappa shape index (κ1) is 13.1. The molecule has 1 nitrogen and oxygen atoms in total. The minimum atomic E-state index is -0.623. The fourth-order valence-corrected chi connectivity index (χ4v) is 2.33. The zero-order valence-electron chi connectivity index (χ0n) is 10.9. The van der Waals surface area contributed by atoms with Crippen molar-refractivity contribution in [3.05, 3.63) is 69.2 Å². The van der Waals surface area contributed by atoms with Gasteiger partial charge in [0.2, 0.25) is 0 Å². The average molecular weight is 261 g/mol. The van der Waals surface area contributed by atoms with Crippen LogP contribution in [0.3, 0.4) is 0 Å². The van der Waals surface area contributed by atoms with Crippen molar-refractivity contribution in [2.45, 2.75) is 26.9 Å². The molecule has 0 aliphatic carbocycles. The molecule has 0 aliphatic heterocycles. The largest absolute Gasteiger partial charge is 0.384 e. The van der Waals surface area contributed by atoms with Crippen molar-refractivity contribution >= 4 is 11.6 Å². The van der Waals surface area contributed by atoms with E-state index in [2.05, 4.69) is 6.07 Å². The molecule has 2 aromatic carbocycles. The summed E-state index contributed by atoms with van der Waals surface area (Å²) in [6.07, 6.45) is -0.623. The molecule has 94 valence electrons. The predicted molar refractivity (Wildman–Crippen MR) is 76.2 cm³/mol. The highest BCUT2D eigenvalue weighted by atomic mass is 35.5. The van der Waals surface area contributed by atoms with Gasteiger partial charge in [-0.3, -0.25) is 0 Å². The second-order valence-electron chi connectivity index (χ2n) is 4.83. The third kappa shape index (κ3) is 2.74. The number of hydrogen-bond donors (Lipinski definition) is 1. The van der Waals surface area contributed by atoms with Gasteiger partial charge in [-0.1, -0.05) is 53.1 Å². The second-order valence-corrected chi connectivity index (χ2v) is 5.24. The average Bonchev–Trinajstić information content (AvgIpc) is 2.30. The summed E-state index contributed by atoms with van der Waals surface area (Å²) < 4.78 is 0. The van der Waals surface area contributed by atoms with E-state index in [1.165, 1.54) is 0 Å². The first-order valence-corrected chi connectivity index (χ1v) is 6.37. The minimum Gasteiger partial charge on any atom is -0.384 e. The fourth-order valence-electron chi connectivity index (χ4n) is 2.14. The summed E-state index contributed by atoms with van der Waals surface area (Å²) in [4.78, 5) is 0. The van der Waals surface area contributed by atoms with Crippen LogP contribution in [0.5, 0.6) is 0 Å². The molecule has 2 aromatic rings. The molecular weight excluding hydrogens is 244 g/mol. The van der Waals surface area contributed by atoms with Crippen LogP contribution in [-0.4, -0.2) is 5.11 Å². The number of rotatable bonds is 2. The first-order chi connectivity index (χ1) is 8.47. The van der Waals surface area contributed by atoms with E-state index in [0.717, 1.165) is 27.8 Å². The van der Waals surface area contributed by atoms with Gasteiger partial charge >= 0.3 is 0 Å². The Morgan fingerprint density at radius 2 is 1.50 bits per heavy atom. The minimum absolute atomic E-state index is 0.623. The van der Waals surface area contributed by atoms with Crippen LogP contribution in [0, 0.1) is 20.8 Å². The summed E-state index contributed by atoms with van der Waals surface area (Å²) in [7, 11) is 0.